The predicted molar refractivity (Wildman–Crippen MR) is 127 cm³/mol. The normalized spacial score (nSPS) is 31.7. The second kappa shape index (κ2) is 12.3. The molecule has 4 saturated carbocycles. The lowest BCUT2D eigenvalue weighted by Crippen LogP contribution is -3.00. The van der Waals surface area contributed by atoms with Crippen molar-refractivity contribution in [1.82, 2.24) is 5.43 Å². The summed E-state index contributed by atoms with van der Waals surface area (Å²) in [6.45, 7) is 11.3. The van der Waals surface area contributed by atoms with Gasteiger partial charge in [0.25, 0.3) is 5.91 Å². The Kier molecular flexibility index (Phi) is 10.7. The molecule has 0 spiro atoms. The molecule has 4 aliphatic carbocycles. The molecule has 0 aliphatic heterocycles. The average Bonchev–Trinajstić information content (AvgIpc) is 2.73. The van der Waals surface area contributed by atoms with Gasteiger partial charge in [0.2, 0.25) is 0 Å². The third-order valence-corrected chi connectivity index (χ3v) is 9.25. The zero-order valence-corrected chi connectivity index (χ0v) is 21.8. The summed E-state index contributed by atoms with van der Waals surface area (Å²) in [5.41, 5.74) is 3.68. The van der Waals surface area contributed by atoms with Crippen molar-refractivity contribution in [2.75, 3.05) is 13.1 Å². The first-order valence-electron chi connectivity index (χ1n) is 13.7. The Balaban J connectivity index is 0.00000341. The molecule has 1 amide bonds. The molecular formula is C27H51ClN2O. The van der Waals surface area contributed by atoms with Crippen molar-refractivity contribution in [3.8, 4) is 0 Å². The molecule has 2 atom stereocenters. The van der Waals surface area contributed by atoms with E-state index in [1.165, 1.54) is 89.9 Å². The zero-order valence-electron chi connectivity index (χ0n) is 21.1. The lowest BCUT2D eigenvalue weighted by Gasteiger charge is -2.56. The van der Waals surface area contributed by atoms with Crippen molar-refractivity contribution in [3.05, 3.63) is 0 Å². The highest BCUT2D eigenvalue weighted by molar-refractivity contribution is 5.82. The van der Waals surface area contributed by atoms with E-state index < -0.39 is 0 Å². The number of quaternary nitrogens is 1. The van der Waals surface area contributed by atoms with Crippen LogP contribution in [0.3, 0.4) is 0 Å². The molecule has 0 aromatic rings. The topological polar surface area (TPSA) is 29.1 Å². The smallest absolute Gasteiger partial charge is 0.271 e. The fraction of sp³-hybridized carbons (Fsp3) is 0.963. The number of nitrogens with zero attached hydrogens (tertiary/aromatic N) is 1. The summed E-state index contributed by atoms with van der Waals surface area (Å²) in [5.74, 6) is 2.92. The van der Waals surface area contributed by atoms with Crippen molar-refractivity contribution in [2.24, 2.45) is 23.2 Å². The Labute approximate surface area is 199 Å². The second-order valence-corrected chi connectivity index (χ2v) is 11.4. The summed E-state index contributed by atoms with van der Waals surface area (Å²) in [5, 5.41) is 0. The first-order chi connectivity index (χ1) is 14.5. The molecule has 2 unspecified atom stereocenters. The van der Waals surface area contributed by atoms with Gasteiger partial charge in [0.15, 0.2) is 0 Å². The van der Waals surface area contributed by atoms with Gasteiger partial charge in [0, 0.05) is 0 Å². The summed E-state index contributed by atoms with van der Waals surface area (Å²) < 4.78 is 0.812. The molecule has 0 saturated heterocycles. The van der Waals surface area contributed by atoms with Crippen LogP contribution >= 0.6 is 0 Å². The summed E-state index contributed by atoms with van der Waals surface area (Å²) in [6.07, 6.45) is 19.7. The third kappa shape index (κ3) is 6.40. The minimum absolute atomic E-state index is 0. The minimum Gasteiger partial charge on any atom is -1.00 e. The van der Waals surface area contributed by atoms with Gasteiger partial charge < -0.3 is 12.4 Å². The molecule has 3 nitrogen and oxygen atoms in total. The van der Waals surface area contributed by atoms with E-state index >= 15 is 0 Å². The lowest BCUT2D eigenvalue weighted by atomic mass is 9.49. The van der Waals surface area contributed by atoms with E-state index in [9.17, 15) is 4.79 Å². The van der Waals surface area contributed by atoms with Gasteiger partial charge in [0.05, 0.1) is 12.0 Å². The van der Waals surface area contributed by atoms with Gasteiger partial charge in [-0.25, -0.2) is 10.0 Å². The predicted octanol–water partition coefficient (Wildman–Crippen LogP) is 4.01. The first-order valence-corrected chi connectivity index (χ1v) is 13.7. The Morgan fingerprint density at radius 2 is 1.35 bits per heavy atom. The van der Waals surface area contributed by atoms with Crippen molar-refractivity contribution in [1.29, 1.82) is 0 Å². The number of carbonyl (C=O) groups excluding carboxylic acids is 1. The molecule has 4 aliphatic rings. The van der Waals surface area contributed by atoms with Crippen LogP contribution in [0.5, 0.6) is 0 Å². The van der Waals surface area contributed by atoms with Crippen molar-refractivity contribution >= 4 is 5.91 Å². The third-order valence-electron chi connectivity index (χ3n) is 9.25. The van der Waals surface area contributed by atoms with Gasteiger partial charge in [-0.3, -0.25) is 4.79 Å². The van der Waals surface area contributed by atoms with Crippen LogP contribution in [0.2, 0.25) is 0 Å². The summed E-state index contributed by atoms with van der Waals surface area (Å²) >= 11 is 0. The van der Waals surface area contributed by atoms with Gasteiger partial charge in [-0.15, -0.1) is 0 Å². The summed E-state index contributed by atoms with van der Waals surface area (Å²) in [7, 11) is 0. The molecule has 0 aromatic carbocycles. The first kappa shape index (κ1) is 27.0. The maximum atomic E-state index is 13.8. The summed E-state index contributed by atoms with van der Waals surface area (Å²) in [6, 6.07) is 0.498. The molecule has 31 heavy (non-hydrogen) atoms. The number of hydrogen-bond donors (Lipinski definition) is 1. The van der Waals surface area contributed by atoms with Crippen molar-refractivity contribution in [2.45, 2.75) is 130 Å². The molecule has 4 rings (SSSR count). The van der Waals surface area contributed by atoms with Gasteiger partial charge >= 0.3 is 0 Å². The van der Waals surface area contributed by atoms with E-state index in [1.807, 2.05) is 0 Å². The van der Waals surface area contributed by atoms with E-state index in [2.05, 4.69) is 33.1 Å². The van der Waals surface area contributed by atoms with Crippen molar-refractivity contribution in [3.63, 3.8) is 0 Å². The number of rotatable bonds is 14. The van der Waals surface area contributed by atoms with Crippen molar-refractivity contribution < 1.29 is 21.8 Å². The monoisotopic (exact) mass is 454 g/mol. The Morgan fingerprint density at radius 3 is 1.81 bits per heavy atom. The SMILES string of the molecule is CCCCCCCCCC[N+](CC)(NC(=O)C12CC3CC(CC(C3)C1)C2)C(C)CC.[Cl-]. The second-order valence-electron chi connectivity index (χ2n) is 11.4. The highest BCUT2D eigenvalue weighted by Crippen LogP contribution is 2.60. The van der Waals surface area contributed by atoms with Gasteiger partial charge in [-0.2, -0.15) is 0 Å². The van der Waals surface area contributed by atoms with Crippen LogP contribution in [0, 0.1) is 23.2 Å². The number of amides is 1. The van der Waals surface area contributed by atoms with Gasteiger partial charge in [-0.05, 0) is 89.4 Å². The zero-order chi connectivity index (χ0) is 21.6. The van der Waals surface area contributed by atoms with Crippen LogP contribution in [0.4, 0.5) is 0 Å². The van der Waals surface area contributed by atoms with E-state index in [0.717, 1.165) is 41.9 Å². The Hall–Kier alpha value is -0.280. The van der Waals surface area contributed by atoms with Crippen LogP contribution in [0.1, 0.15) is 124 Å². The minimum atomic E-state index is -0.0276. The number of unbranched alkanes of at least 4 members (excludes halogenated alkanes) is 7. The van der Waals surface area contributed by atoms with Crippen LogP contribution in [0.15, 0.2) is 0 Å². The molecule has 0 aromatic heterocycles. The van der Waals surface area contributed by atoms with E-state index in [1.54, 1.807) is 0 Å². The Bertz CT molecular complexity index is 516. The molecule has 0 heterocycles. The van der Waals surface area contributed by atoms with Gasteiger partial charge in [0.1, 0.15) is 12.6 Å². The molecular weight excluding hydrogens is 404 g/mol. The number of carbonyl (C=O) groups is 1. The number of hydrogen-bond acceptors (Lipinski definition) is 1. The molecule has 0 radical (unpaired) electrons. The van der Waals surface area contributed by atoms with E-state index in [4.69, 9.17) is 0 Å². The molecule has 1 N–H and O–H groups in total. The van der Waals surface area contributed by atoms with Crippen LogP contribution in [-0.2, 0) is 4.79 Å². The highest BCUT2D eigenvalue weighted by Gasteiger charge is 2.56. The highest BCUT2D eigenvalue weighted by atomic mass is 35.5. The average molecular weight is 455 g/mol. The van der Waals surface area contributed by atoms with Gasteiger partial charge in [-0.1, -0.05) is 52.4 Å². The largest absolute Gasteiger partial charge is 1.00 e. The van der Waals surface area contributed by atoms with Crippen LogP contribution in [-0.4, -0.2) is 29.6 Å². The standard InChI is InChI=1S/C27H50N2O.ClH/c1-5-8-9-10-11-12-13-14-15-29(7-3,22(4)6-2)28-26(30)27-19-23-16-24(20-27)18-25(17-23)21-27;/h22-25H,5-21H2,1-4H3;1H. The van der Waals surface area contributed by atoms with Crippen LogP contribution in [0.25, 0.3) is 0 Å². The quantitative estimate of drug-likeness (QED) is 0.240. The molecule has 4 bridgehead atoms. The number of halogens is 1. The molecule has 4 fully saturated rings. The fourth-order valence-corrected chi connectivity index (χ4v) is 7.52. The van der Waals surface area contributed by atoms with Crippen LogP contribution < -0.4 is 17.8 Å². The maximum Gasteiger partial charge on any atom is 0.271 e. The van der Waals surface area contributed by atoms with E-state index in [0.29, 0.717) is 11.9 Å². The molecule has 182 valence electrons. The lowest BCUT2D eigenvalue weighted by molar-refractivity contribution is -0.981. The Morgan fingerprint density at radius 1 is 0.871 bits per heavy atom. The fourth-order valence-electron chi connectivity index (χ4n) is 7.52. The van der Waals surface area contributed by atoms with E-state index in [-0.39, 0.29) is 17.8 Å². The molecule has 4 heteroatoms. The number of nitrogens with one attached hydrogen (secondary N) is 1. The summed E-state index contributed by atoms with van der Waals surface area (Å²) in [4.78, 5) is 13.8. The maximum absolute atomic E-state index is 13.8.